The molecule has 0 saturated carbocycles. The van der Waals surface area contributed by atoms with Gasteiger partial charge in [0.1, 0.15) is 0 Å². The standard InChI is InChI=1S/C12H20N2OS/c1-10(2)12(15)14-7-4-6-13-9-11-5-3-8-16-11/h3,5,8,10,13H,4,6-7,9H2,1-2H3,(H,14,15). The van der Waals surface area contributed by atoms with Crippen molar-refractivity contribution in [1.82, 2.24) is 10.6 Å². The van der Waals surface area contributed by atoms with E-state index >= 15 is 0 Å². The molecule has 1 rings (SSSR count). The minimum Gasteiger partial charge on any atom is -0.356 e. The molecule has 0 saturated heterocycles. The van der Waals surface area contributed by atoms with Gasteiger partial charge in [-0.2, -0.15) is 0 Å². The summed E-state index contributed by atoms with van der Waals surface area (Å²) in [5.41, 5.74) is 0. The van der Waals surface area contributed by atoms with Crippen molar-refractivity contribution in [3.05, 3.63) is 22.4 Å². The molecule has 0 aliphatic rings. The predicted molar refractivity (Wildman–Crippen MR) is 68.5 cm³/mol. The van der Waals surface area contributed by atoms with E-state index in [2.05, 4.69) is 28.1 Å². The van der Waals surface area contributed by atoms with E-state index in [1.807, 2.05) is 13.8 Å². The molecule has 90 valence electrons. The van der Waals surface area contributed by atoms with E-state index < -0.39 is 0 Å². The Kier molecular flexibility index (Phi) is 6.11. The van der Waals surface area contributed by atoms with Gasteiger partial charge in [-0.1, -0.05) is 19.9 Å². The molecule has 1 amide bonds. The minimum atomic E-state index is 0.0825. The fraction of sp³-hybridized carbons (Fsp3) is 0.583. The molecule has 3 nitrogen and oxygen atoms in total. The Balaban J connectivity index is 1.94. The van der Waals surface area contributed by atoms with Gasteiger partial charge in [0, 0.05) is 23.9 Å². The van der Waals surface area contributed by atoms with Gasteiger partial charge in [0.25, 0.3) is 0 Å². The van der Waals surface area contributed by atoms with Crippen molar-refractivity contribution in [1.29, 1.82) is 0 Å². The number of amides is 1. The van der Waals surface area contributed by atoms with Crippen LogP contribution in [0.1, 0.15) is 25.1 Å². The average Bonchev–Trinajstić information content (AvgIpc) is 2.75. The molecule has 0 aliphatic heterocycles. The SMILES string of the molecule is CC(C)C(=O)NCCCNCc1cccs1. The highest BCUT2D eigenvalue weighted by Gasteiger charge is 2.04. The Hall–Kier alpha value is -0.870. The summed E-state index contributed by atoms with van der Waals surface area (Å²) < 4.78 is 0. The summed E-state index contributed by atoms with van der Waals surface area (Å²) in [6.45, 7) is 6.44. The van der Waals surface area contributed by atoms with Gasteiger partial charge in [0.2, 0.25) is 5.91 Å². The molecule has 1 aromatic heterocycles. The largest absolute Gasteiger partial charge is 0.356 e. The molecule has 1 aromatic rings. The zero-order valence-electron chi connectivity index (χ0n) is 9.95. The molecule has 0 aromatic carbocycles. The van der Waals surface area contributed by atoms with E-state index in [4.69, 9.17) is 0 Å². The highest BCUT2D eigenvalue weighted by atomic mass is 32.1. The molecular formula is C12H20N2OS. The number of hydrogen-bond donors (Lipinski definition) is 2. The zero-order chi connectivity index (χ0) is 11.8. The number of nitrogens with one attached hydrogen (secondary N) is 2. The van der Waals surface area contributed by atoms with Crippen LogP contribution in [0, 0.1) is 5.92 Å². The van der Waals surface area contributed by atoms with Gasteiger partial charge in [0.15, 0.2) is 0 Å². The summed E-state index contributed by atoms with van der Waals surface area (Å²) in [7, 11) is 0. The van der Waals surface area contributed by atoms with E-state index in [-0.39, 0.29) is 11.8 Å². The van der Waals surface area contributed by atoms with Crippen LogP contribution in [0.5, 0.6) is 0 Å². The Morgan fingerprint density at radius 2 is 2.25 bits per heavy atom. The summed E-state index contributed by atoms with van der Waals surface area (Å²) >= 11 is 1.76. The van der Waals surface area contributed by atoms with E-state index in [1.54, 1.807) is 11.3 Å². The second kappa shape index (κ2) is 7.41. The van der Waals surface area contributed by atoms with Crippen LogP contribution in [0.25, 0.3) is 0 Å². The average molecular weight is 240 g/mol. The topological polar surface area (TPSA) is 41.1 Å². The summed E-state index contributed by atoms with van der Waals surface area (Å²) in [4.78, 5) is 12.6. The second-order valence-corrected chi connectivity index (χ2v) is 5.09. The van der Waals surface area contributed by atoms with Gasteiger partial charge in [-0.05, 0) is 24.4 Å². The quantitative estimate of drug-likeness (QED) is 0.716. The number of hydrogen-bond acceptors (Lipinski definition) is 3. The first-order chi connectivity index (χ1) is 7.70. The summed E-state index contributed by atoms with van der Waals surface area (Å²) in [6.07, 6.45) is 0.976. The highest BCUT2D eigenvalue weighted by molar-refractivity contribution is 7.09. The molecule has 0 spiro atoms. The Morgan fingerprint density at radius 1 is 1.44 bits per heavy atom. The molecule has 0 fully saturated rings. The first kappa shape index (κ1) is 13.2. The van der Waals surface area contributed by atoms with E-state index in [1.165, 1.54) is 4.88 Å². The van der Waals surface area contributed by atoms with Crippen LogP contribution in [-0.4, -0.2) is 19.0 Å². The lowest BCUT2D eigenvalue weighted by Gasteiger charge is -2.07. The third kappa shape index (κ3) is 5.28. The van der Waals surface area contributed by atoms with Crippen LogP contribution in [-0.2, 0) is 11.3 Å². The summed E-state index contributed by atoms with van der Waals surface area (Å²) in [5.74, 6) is 0.220. The molecule has 0 bridgehead atoms. The number of thiophene rings is 1. The first-order valence-electron chi connectivity index (χ1n) is 5.71. The predicted octanol–water partition coefficient (Wildman–Crippen LogP) is 2.00. The number of carbonyl (C=O) groups is 1. The fourth-order valence-corrected chi connectivity index (χ4v) is 1.93. The monoisotopic (exact) mass is 240 g/mol. The summed E-state index contributed by atoms with van der Waals surface area (Å²) in [6, 6.07) is 4.18. The van der Waals surface area contributed by atoms with Crippen LogP contribution in [0.4, 0.5) is 0 Å². The van der Waals surface area contributed by atoms with Crippen molar-refractivity contribution in [3.8, 4) is 0 Å². The number of carbonyl (C=O) groups excluding carboxylic acids is 1. The summed E-state index contributed by atoms with van der Waals surface area (Å²) in [5, 5.41) is 8.33. The van der Waals surface area contributed by atoms with Crippen molar-refractivity contribution in [2.45, 2.75) is 26.8 Å². The van der Waals surface area contributed by atoms with Gasteiger partial charge in [-0.3, -0.25) is 4.79 Å². The maximum Gasteiger partial charge on any atom is 0.222 e. The molecular weight excluding hydrogens is 220 g/mol. The van der Waals surface area contributed by atoms with Crippen LogP contribution in [0.15, 0.2) is 17.5 Å². The van der Waals surface area contributed by atoms with Crippen LogP contribution < -0.4 is 10.6 Å². The fourth-order valence-electron chi connectivity index (χ4n) is 1.25. The molecule has 0 atom stereocenters. The first-order valence-corrected chi connectivity index (χ1v) is 6.59. The third-order valence-corrected chi connectivity index (χ3v) is 3.11. The highest BCUT2D eigenvalue weighted by Crippen LogP contribution is 2.06. The van der Waals surface area contributed by atoms with Crippen molar-refractivity contribution >= 4 is 17.2 Å². The zero-order valence-corrected chi connectivity index (χ0v) is 10.8. The lowest BCUT2D eigenvalue weighted by atomic mass is 10.2. The molecule has 0 unspecified atom stereocenters. The Morgan fingerprint density at radius 3 is 2.88 bits per heavy atom. The van der Waals surface area contributed by atoms with Gasteiger partial charge in [-0.25, -0.2) is 0 Å². The van der Waals surface area contributed by atoms with Crippen LogP contribution in [0.2, 0.25) is 0 Å². The van der Waals surface area contributed by atoms with Crippen LogP contribution >= 0.6 is 11.3 Å². The smallest absolute Gasteiger partial charge is 0.222 e. The van der Waals surface area contributed by atoms with Crippen molar-refractivity contribution in [2.24, 2.45) is 5.92 Å². The van der Waals surface area contributed by atoms with Crippen molar-refractivity contribution < 1.29 is 4.79 Å². The van der Waals surface area contributed by atoms with Gasteiger partial charge in [0.05, 0.1) is 0 Å². The van der Waals surface area contributed by atoms with Gasteiger partial charge in [-0.15, -0.1) is 11.3 Å². The molecule has 1 heterocycles. The van der Waals surface area contributed by atoms with Crippen LogP contribution in [0.3, 0.4) is 0 Å². The molecule has 16 heavy (non-hydrogen) atoms. The Labute approximate surface area is 101 Å². The second-order valence-electron chi connectivity index (χ2n) is 4.06. The molecule has 4 heteroatoms. The molecule has 0 aliphatic carbocycles. The number of rotatable bonds is 7. The minimum absolute atomic E-state index is 0.0825. The lowest BCUT2D eigenvalue weighted by molar-refractivity contribution is -0.123. The maximum absolute atomic E-state index is 11.2. The van der Waals surface area contributed by atoms with Crippen molar-refractivity contribution in [2.75, 3.05) is 13.1 Å². The maximum atomic E-state index is 11.2. The van der Waals surface area contributed by atoms with Gasteiger partial charge >= 0.3 is 0 Å². The van der Waals surface area contributed by atoms with E-state index in [0.29, 0.717) is 0 Å². The lowest BCUT2D eigenvalue weighted by Crippen LogP contribution is -2.30. The molecule has 2 N–H and O–H groups in total. The normalized spacial score (nSPS) is 10.7. The van der Waals surface area contributed by atoms with E-state index in [0.717, 1.165) is 26.1 Å². The van der Waals surface area contributed by atoms with Crippen molar-refractivity contribution in [3.63, 3.8) is 0 Å². The molecule has 0 radical (unpaired) electrons. The van der Waals surface area contributed by atoms with Gasteiger partial charge < -0.3 is 10.6 Å². The third-order valence-electron chi connectivity index (χ3n) is 2.23. The Bertz CT molecular complexity index is 296. The van der Waals surface area contributed by atoms with E-state index in [9.17, 15) is 4.79 Å².